The number of benzene rings is 1. The molecule has 0 aliphatic heterocycles. The van der Waals surface area contributed by atoms with E-state index in [2.05, 4.69) is 0 Å². The number of thiophene rings is 1. The molecule has 0 spiro atoms. The average molecular weight is 277 g/mol. The van der Waals surface area contributed by atoms with Crippen molar-refractivity contribution < 1.29 is 14.7 Å². The van der Waals surface area contributed by atoms with Crippen molar-refractivity contribution in [1.29, 1.82) is 0 Å². The number of aliphatic carboxylic acids is 1. The summed E-state index contributed by atoms with van der Waals surface area (Å²) in [6.07, 6.45) is 0. The van der Waals surface area contributed by atoms with Crippen LogP contribution in [0.15, 0.2) is 29.6 Å². The number of hydrogen-bond donors (Lipinski definition) is 1. The number of fused-ring (bicyclic) bond motifs is 1. The number of carboxylic acid groups (broad SMARTS) is 1. The van der Waals surface area contributed by atoms with Gasteiger partial charge in [-0.25, -0.2) is 0 Å². The first kappa shape index (κ1) is 13.5. The van der Waals surface area contributed by atoms with Crippen molar-refractivity contribution in [3.05, 3.63) is 35.2 Å². The molecule has 2 aromatic rings. The molecule has 0 radical (unpaired) electrons. The molecule has 4 nitrogen and oxygen atoms in total. The van der Waals surface area contributed by atoms with Gasteiger partial charge < -0.3 is 10.0 Å². The second-order valence-corrected chi connectivity index (χ2v) is 5.42. The van der Waals surface area contributed by atoms with Crippen LogP contribution in [0.1, 0.15) is 12.5 Å². The van der Waals surface area contributed by atoms with Gasteiger partial charge in [-0.3, -0.25) is 9.59 Å². The van der Waals surface area contributed by atoms with Crippen molar-refractivity contribution in [1.82, 2.24) is 4.90 Å². The first-order valence-electron chi connectivity index (χ1n) is 5.93. The maximum absolute atomic E-state index is 11.9. The summed E-state index contributed by atoms with van der Waals surface area (Å²) in [6.45, 7) is 1.84. The van der Waals surface area contributed by atoms with Crippen molar-refractivity contribution >= 4 is 33.3 Å². The highest BCUT2D eigenvalue weighted by atomic mass is 32.1. The monoisotopic (exact) mass is 277 g/mol. The minimum Gasteiger partial charge on any atom is -0.481 e. The summed E-state index contributed by atoms with van der Waals surface area (Å²) in [4.78, 5) is 24.2. The normalized spacial score (nSPS) is 12.3. The Balaban J connectivity index is 2.17. The highest BCUT2D eigenvalue weighted by Crippen LogP contribution is 2.26. The van der Waals surface area contributed by atoms with E-state index >= 15 is 0 Å². The Morgan fingerprint density at radius 2 is 2.05 bits per heavy atom. The summed E-state index contributed by atoms with van der Waals surface area (Å²) < 4.78 is 1.17. The van der Waals surface area contributed by atoms with Crippen LogP contribution in [0.4, 0.5) is 0 Å². The first-order valence-corrected chi connectivity index (χ1v) is 6.81. The molecule has 0 aliphatic carbocycles. The maximum Gasteiger partial charge on any atom is 0.315 e. The zero-order valence-electron chi connectivity index (χ0n) is 10.8. The molecule has 0 saturated heterocycles. The van der Waals surface area contributed by atoms with Crippen LogP contribution >= 0.6 is 11.3 Å². The molecule has 19 heavy (non-hydrogen) atoms. The van der Waals surface area contributed by atoms with Crippen molar-refractivity contribution in [2.24, 2.45) is 5.92 Å². The Bertz CT molecular complexity index is 620. The smallest absolute Gasteiger partial charge is 0.315 e. The molecule has 100 valence electrons. The number of carbonyl (C=O) groups excluding carboxylic acids is 1. The second kappa shape index (κ2) is 5.40. The summed E-state index contributed by atoms with van der Waals surface area (Å²) in [5.74, 6) is -2.47. The van der Waals surface area contributed by atoms with Crippen LogP contribution in [-0.2, 0) is 16.1 Å². The molecule has 1 amide bonds. The molecule has 1 unspecified atom stereocenters. The molecular formula is C14H15NO3S. The minimum atomic E-state index is -1.09. The molecular weight excluding hydrogens is 262 g/mol. The van der Waals surface area contributed by atoms with E-state index in [1.54, 1.807) is 18.4 Å². The highest BCUT2D eigenvalue weighted by molar-refractivity contribution is 7.17. The fraction of sp³-hybridized carbons (Fsp3) is 0.286. The summed E-state index contributed by atoms with van der Waals surface area (Å²) in [7, 11) is 1.63. The summed E-state index contributed by atoms with van der Waals surface area (Å²) in [5, 5.41) is 12.0. The molecule has 0 aliphatic rings. The molecule has 0 fully saturated rings. The Hall–Kier alpha value is -1.88. The highest BCUT2D eigenvalue weighted by Gasteiger charge is 2.24. The van der Waals surface area contributed by atoms with Crippen LogP contribution in [0.5, 0.6) is 0 Å². The van der Waals surface area contributed by atoms with E-state index in [-0.39, 0.29) is 5.91 Å². The van der Waals surface area contributed by atoms with Crippen molar-refractivity contribution in [3.8, 4) is 0 Å². The second-order valence-electron chi connectivity index (χ2n) is 4.51. The van der Waals surface area contributed by atoms with Crippen molar-refractivity contribution in [2.75, 3.05) is 7.05 Å². The average Bonchev–Trinajstić information content (AvgIpc) is 2.80. The van der Waals surface area contributed by atoms with Crippen LogP contribution in [-0.4, -0.2) is 28.9 Å². The number of hydrogen-bond acceptors (Lipinski definition) is 3. The van der Waals surface area contributed by atoms with Gasteiger partial charge in [0.1, 0.15) is 5.92 Å². The predicted molar refractivity (Wildman–Crippen MR) is 75.1 cm³/mol. The van der Waals surface area contributed by atoms with Gasteiger partial charge >= 0.3 is 5.97 Å². The third-order valence-corrected chi connectivity index (χ3v) is 4.10. The van der Waals surface area contributed by atoms with E-state index < -0.39 is 11.9 Å². The van der Waals surface area contributed by atoms with Crippen molar-refractivity contribution in [2.45, 2.75) is 13.5 Å². The maximum atomic E-state index is 11.9. The van der Waals surface area contributed by atoms with E-state index in [9.17, 15) is 9.59 Å². The molecule has 1 aromatic carbocycles. The van der Waals surface area contributed by atoms with E-state index in [1.807, 2.05) is 29.6 Å². The SMILES string of the molecule is CC(C(=O)O)C(=O)N(C)Cc1csc2ccccc12. The third kappa shape index (κ3) is 2.76. The van der Waals surface area contributed by atoms with Crippen molar-refractivity contribution in [3.63, 3.8) is 0 Å². The molecule has 2 rings (SSSR count). The van der Waals surface area contributed by atoms with Gasteiger partial charge in [-0.1, -0.05) is 18.2 Å². The van der Waals surface area contributed by atoms with Gasteiger partial charge in [-0.2, -0.15) is 0 Å². The van der Waals surface area contributed by atoms with Crippen LogP contribution in [0.25, 0.3) is 10.1 Å². The predicted octanol–water partition coefficient (Wildman–Crippen LogP) is 2.58. The van der Waals surface area contributed by atoms with E-state index in [0.717, 1.165) is 10.9 Å². The molecule has 5 heteroatoms. The number of nitrogens with zero attached hydrogens (tertiary/aromatic N) is 1. The number of carboxylic acids is 1. The lowest BCUT2D eigenvalue weighted by Gasteiger charge is -2.19. The number of carbonyl (C=O) groups is 2. The van der Waals surface area contributed by atoms with Crippen LogP contribution < -0.4 is 0 Å². The Kier molecular flexibility index (Phi) is 3.85. The summed E-state index contributed by atoms with van der Waals surface area (Å²) in [5.41, 5.74) is 1.05. The van der Waals surface area contributed by atoms with Crippen LogP contribution in [0.3, 0.4) is 0 Å². The largest absolute Gasteiger partial charge is 0.481 e. The van der Waals surface area contributed by atoms with Crippen LogP contribution in [0, 0.1) is 5.92 Å². The molecule has 1 heterocycles. The topological polar surface area (TPSA) is 57.6 Å². The zero-order valence-corrected chi connectivity index (χ0v) is 11.6. The fourth-order valence-corrected chi connectivity index (χ4v) is 2.88. The van der Waals surface area contributed by atoms with Gasteiger partial charge in [-0.05, 0) is 29.3 Å². The molecule has 0 bridgehead atoms. The number of amides is 1. The molecule has 0 saturated carbocycles. The lowest BCUT2D eigenvalue weighted by atomic mass is 10.1. The summed E-state index contributed by atoms with van der Waals surface area (Å²) >= 11 is 1.63. The lowest BCUT2D eigenvalue weighted by Crippen LogP contribution is -2.34. The third-order valence-electron chi connectivity index (χ3n) is 3.09. The molecule has 1 N–H and O–H groups in total. The van der Waals surface area contributed by atoms with Gasteiger partial charge in [0.2, 0.25) is 5.91 Å². The minimum absolute atomic E-state index is 0.372. The standard InChI is InChI=1S/C14H15NO3S/c1-9(14(17)18)13(16)15(2)7-10-8-19-12-6-4-3-5-11(10)12/h3-6,8-9H,7H2,1-2H3,(H,17,18). The Labute approximate surface area is 115 Å². The quantitative estimate of drug-likeness (QED) is 0.874. The fourth-order valence-electron chi connectivity index (χ4n) is 1.92. The van der Waals surface area contributed by atoms with E-state index in [4.69, 9.17) is 5.11 Å². The molecule has 1 atom stereocenters. The van der Waals surface area contributed by atoms with Gasteiger partial charge in [0.25, 0.3) is 0 Å². The first-order chi connectivity index (χ1) is 9.00. The van der Waals surface area contributed by atoms with Gasteiger partial charge in [-0.15, -0.1) is 11.3 Å². The van der Waals surface area contributed by atoms with Gasteiger partial charge in [0.05, 0.1) is 0 Å². The summed E-state index contributed by atoms with van der Waals surface area (Å²) in [6, 6.07) is 7.98. The lowest BCUT2D eigenvalue weighted by molar-refractivity contribution is -0.149. The number of rotatable bonds is 4. The van der Waals surface area contributed by atoms with Gasteiger partial charge in [0, 0.05) is 18.3 Å². The van der Waals surface area contributed by atoms with E-state index in [0.29, 0.717) is 6.54 Å². The van der Waals surface area contributed by atoms with E-state index in [1.165, 1.54) is 16.5 Å². The Morgan fingerprint density at radius 1 is 1.37 bits per heavy atom. The Morgan fingerprint density at radius 3 is 2.74 bits per heavy atom. The van der Waals surface area contributed by atoms with Crippen LogP contribution in [0.2, 0.25) is 0 Å². The molecule has 1 aromatic heterocycles. The van der Waals surface area contributed by atoms with Gasteiger partial charge in [0.15, 0.2) is 0 Å². The zero-order chi connectivity index (χ0) is 14.0.